The molecular weight excluding hydrogens is 280 g/mol. The van der Waals surface area contributed by atoms with Gasteiger partial charge in [-0.2, -0.15) is 0 Å². The summed E-state index contributed by atoms with van der Waals surface area (Å²) in [5.74, 6) is 1.74. The summed E-state index contributed by atoms with van der Waals surface area (Å²) in [6.07, 6.45) is 5.50. The molecule has 0 radical (unpaired) electrons. The molecule has 0 aliphatic heterocycles. The molecule has 1 fully saturated rings. The van der Waals surface area contributed by atoms with Crippen LogP contribution in [0.15, 0.2) is 22.7 Å². The lowest BCUT2D eigenvalue weighted by Gasteiger charge is -2.13. The molecule has 2 atom stereocenters. The van der Waals surface area contributed by atoms with Crippen LogP contribution in [-0.2, 0) is 6.42 Å². The molecule has 3 rings (SSSR count). The monoisotopic (exact) mass is 300 g/mol. The molecule has 2 heterocycles. The van der Waals surface area contributed by atoms with Crippen LogP contribution in [0, 0.1) is 19.8 Å². The lowest BCUT2D eigenvalue weighted by atomic mass is 10.0. The van der Waals surface area contributed by atoms with E-state index in [0.29, 0.717) is 23.3 Å². The first-order valence-electron chi connectivity index (χ1n) is 7.63. The van der Waals surface area contributed by atoms with Crippen molar-refractivity contribution in [1.29, 1.82) is 0 Å². The van der Waals surface area contributed by atoms with Gasteiger partial charge in [0.2, 0.25) is 11.8 Å². The second-order valence-corrected chi connectivity index (χ2v) is 5.90. The van der Waals surface area contributed by atoms with Gasteiger partial charge in [0.1, 0.15) is 0 Å². The van der Waals surface area contributed by atoms with Crippen LogP contribution in [0.25, 0.3) is 0 Å². The number of carbonyl (C=O) groups excluding carboxylic acids is 1. The fraction of sp³-hybridized carbons (Fsp3) is 0.500. The standard InChI is InChI=1S/C16H20N4O2/c1-10-14(4-3-7-17-10)16(21)18-13-6-5-12(8-13)9-15-20-19-11(2)22-15/h3-4,7,12-13H,5-6,8-9H2,1-2H3,(H,18,21)/t12-,13+/m1/s1. The van der Waals surface area contributed by atoms with Crippen molar-refractivity contribution < 1.29 is 9.21 Å². The molecule has 22 heavy (non-hydrogen) atoms. The predicted molar refractivity (Wildman–Crippen MR) is 80.3 cm³/mol. The van der Waals surface area contributed by atoms with E-state index in [1.165, 1.54) is 0 Å². The lowest BCUT2D eigenvalue weighted by molar-refractivity contribution is 0.0936. The summed E-state index contributed by atoms with van der Waals surface area (Å²) in [5, 5.41) is 11.0. The average molecular weight is 300 g/mol. The van der Waals surface area contributed by atoms with Gasteiger partial charge in [0.15, 0.2) is 0 Å². The Kier molecular flexibility index (Phi) is 4.18. The van der Waals surface area contributed by atoms with E-state index in [-0.39, 0.29) is 11.9 Å². The zero-order chi connectivity index (χ0) is 15.5. The van der Waals surface area contributed by atoms with E-state index in [0.717, 1.165) is 31.4 Å². The van der Waals surface area contributed by atoms with Gasteiger partial charge < -0.3 is 9.73 Å². The topological polar surface area (TPSA) is 80.9 Å². The highest BCUT2D eigenvalue weighted by Gasteiger charge is 2.27. The van der Waals surface area contributed by atoms with E-state index in [9.17, 15) is 4.79 Å². The molecular formula is C16H20N4O2. The summed E-state index contributed by atoms with van der Waals surface area (Å²) in [7, 11) is 0. The molecule has 0 aromatic carbocycles. The third kappa shape index (κ3) is 3.32. The SMILES string of the molecule is Cc1nnc(C[C@@H]2CC[C@H](NC(=O)c3cccnc3C)C2)o1. The van der Waals surface area contributed by atoms with Gasteiger partial charge in [-0.05, 0) is 44.2 Å². The van der Waals surface area contributed by atoms with E-state index >= 15 is 0 Å². The second-order valence-electron chi connectivity index (χ2n) is 5.90. The number of aryl methyl sites for hydroxylation is 2. The second kappa shape index (κ2) is 6.25. The smallest absolute Gasteiger partial charge is 0.253 e. The third-order valence-corrected chi connectivity index (χ3v) is 4.16. The maximum absolute atomic E-state index is 12.3. The number of hydrogen-bond donors (Lipinski definition) is 1. The zero-order valence-corrected chi connectivity index (χ0v) is 12.9. The van der Waals surface area contributed by atoms with Crippen molar-refractivity contribution in [3.05, 3.63) is 41.4 Å². The summed E-state index contributed by atoms with van der Waals surface area (Å²) in [5.41, 5.74) is 1.41. The highest BCUT2D eigenvalue weighted by Crippen LogP contribution is 2.28. The molecule has 0 bridgehead atoms. The van der Waals surface area contributed by atoms with Crippen LogP contribution < -0.4 is 5.32 Å². The Balaban J connectivity index is 1.55. The number of nitrogens with one attached hydrogen (secondary N) is 1. The summed E-state index contributed by atoms with van der Waals surface area (Å²) in [6.45, 7) is 3.65. The highest BCUT2D eigenvalue weighted by molar-refractivity contribution is 5.95. The molecule has 6 nitrogen and oxygen atoms in total. The summed E-state index contributed by atoms with van der Waals surface area (Å²) < 4.78 is 5.43. The van der Waals surface area contributed by atoms with Crippen molar-refractivity contribution in [2.45, 2.75) is 45.6 Å². The quantitative estimate of drug-likeness (QED) is 0.936. The van der Waals surface area contributed by atoms with Crippen LogP contribution in [0.3, 0.4) is 0 Å². The Morgan fingerprint density at radius 3 is 2.95 bits per heavy atom. The van der Waals surface area contributed by atoms with Crippen molar-refractivity contribution in [2.24, 2.45) is 5.92 Å². The Morgan fingerprint density at radius 1 is 1.36 bits per heavy atom. The van der Waals surface area contributed by atoms with E-state index in [1.54, 1.807) is 19.2 Å². The molecule has 1 N–H and O–H groups in total. The first-order valence-corrected chi connectivity index (χ1v) is 7.63. The van der Waals surface area contributed by atoms with Crippen molar-refractivity contribution in [1.82, 2.24) is 20.5 Å². The van der Waals surface area contributed by atoms with Crippen molar-refractivity contribution >= 4 is 5.91 Å². The van der Waals surface area contributed by atoms with Gasteiger partial charge in [-0.15, -0.1) is 10.2 Å². The molecule has 6 heteroatoms. The number of nitrogens with zero attached hydrogens (tertiary/aromatic N) is 3. The Labute approximate surface area is 129 Å². The molecule has 2 aromatic heterocycles. The van der Waals surface area contributed by atoms with Crippen LogP contribution in [-0.4, -0.2) is 27.1 Å². The van der Waals surface area contributed by atoms with Crippen LogP contribution in [0.4, 0.5) is 0 Å². The largest absolute Gasteiger partial charge is 0.426 e. The van der Waals surface area contributed by atoms with Gasteiger partial charge in [0, 0.05) is 31.3 Å². The molecule has 1 saturated carbocycles. The Morgan fingerprint density at radius 2 is 2.23 bits per heavy atom. The third-order valence-electron chi connectivity index (χ3n) is 4.16. The fourth-order valence-electron chi connectivity index (χ4n) is 3.05. The number of carbonyl (C=O) groups is 1. The molecule has 1 aliphatic carbocycles. The number of amides is 1. The van der Waals surface area contributed by atoms with E-state index in [2.05, 4.69) is 20.5 Å². The van der Waals surface area contributed by atoms with Crippen LogP contribution in [0.1, 0.15) is 47.1 Å². The van der Waals surface area contributed by atoms with Crippen LogP contribution in [0.2, 0.25) is 0 Å². The molecule has 0 unspecified atom stereocenters. The van der Waals surface area contributed by atoms with Crippen molar-refractivity contribution in [2.75, 3.05) is 0 Å². The van der Waals surface area contributed by atoms with Gasteiger partial charge >= 0.3 is 0 Å². The minimum atomic E-state index is -0.0371. The van der Waals surface area contributed by atoms with Crippen molar-refractivity contribution in [3.8, 4) is 0 Å². The van der Waals surface area contributed by atoms with E-state index in [4.69, 9.17) is 4.42 Å². The van der Waals surface area contributed by atoms with Gasteiger partial charge in [-0.3, -0.25) is 9.78 Å². The minimum absolute atomic E-state index is 0.0371. The predicted octanol–water partition coefficient (Wildman–Crippen LogP) is 2.22. The number of rotatable bonds is 4. The summed E-state index contributed by atoms with van der Waals surface area (Å²) in [6, 6.07) is 3.81. The number of hydrogen-bond acceptors (Lipinski definition) is 5. The number of pyridine rings is 1. The summed E-state index contributed by atoms with van der Waals surface area (Å²) in [4.78, 5) is 16.5. The summed E-state index contributed by atoms with van der Waals surface area (Å²) >= 11 is 0. The Hall–Kier alpha value is -2.24. The normalized spacial score (nSPS) is 21.0. The Bertz CT molecular complexity index is 668. The molecule has 0 spiro atoms. The fourth-order valence-corrected chi connectivity index (χ4v) is 3.05. The molecule has 1 amide bonds. The van der Waals surface area contributed by atoms with Gasteiger partial charge in [-0.1, -0.05) is 0 Å². The number of aromatic nitrogens is 3. The average Bonchev–Trinajstić information content (AvgIpc) is 3.09. The van der Waals surface area contributed by atoms with Crippen LogP contribution in [0.5, 0.6) is 0 Å². The highest BCUT2D eigenvalue weighted by atomic mass is 16.4. The van der Waals surface area contributed by atoms with Gasteiger partial charge in [0.05, 0.1) is 5.56 Å². The van der Waals surface area contributed by atoms with Gasteiger partial charge in [0.25, 0.3) is 5.91 Å². The van der Waals surface area contributed by atoms with E-state index in [1.807, 2.05) is 13.0 Å². The van der Waals surface area contributed by atoms with Crippen LogP contribution >= 0.6 is 0 Å². The molecule has 116 valence electrons. The molecule has 1 aliphatic rings. The maximum Gasteiger partial charge on any atom is 0.253 e. The first kappa shape index (κ1) is 14.7. The first-order chi connectivity index (χ1) is 10.6. The minimum Gasteiger partial charge on any atom is -0.426 e. The van der Waals surface area contributed by atoms with E-state index < -0.39 is 0 Å². The molecule has 0 saturated heterocycles. The van der Waals surface area contributed by atoms with Gasteiger partial charge in [-0.25, -0.2) is 0 Å². The molecule has 2 aromatic rings. The van der Waals surface area contributed by atoms with Crippen molar-refractivity contribution in [3.63, 3.8) is 0 Å². The lowest BCUT2D eigenvalue weighted by Crippen LogP contribution is -2.33. The maximum atomic E-state index is 12.3. The zero-order valence-electron chi connectivity index (χ0n) is 12.9.